The van der Waals surface area contributed by atoms with Crippen LogP contribution in [0.1, 0.15) is 0 Å². The minimum absolute atomic E-state index is 1.13. The van der Waals surface area contributed by atoms with Crippen LogP contribution in [0.25, 0.3) is 153 Å². The van der Waals surface area contributed by atoms with Crippen molar-refractivity contribution in [3.63, 3.8) is 0 Å². The molecule has 28 aromatic rings. The van der Waals surface area contributed by atoms with Crippen molar-refractivity contribution in [3.8, 4) is 22.7 Å². The highest BCUT2D eigenvalue weighted by molar-refractivity contribution is 6.23. The van der Waals surface area contributed by atoms with Gasteiger partial charge in [0.15, 0.2) is 0 Å². The molecule has 0 spiro atoms. The molecule has 28 rings (SSSR count). The quantitative estimate of drug-likeness (QED) is 0.0965. The molecule has 680 valence electrons. The van der Waals surface area contributed by atoms with Crippen LogP contribution in [0.3, 0.4) is 0 Å². The van der Waals surface area contributed by atoms with E-state index >= 15 is 0 Å². The van der Waals surface area contributed by atoms with Gasteiger partial charge < -0.3 is 37.9 Å². The number of hydrogen-bond acceptors (Lipinski definition) is 4. The van der Waals surface area contributed by atoms with E-state index in [1.54, 1.807) is 0 Å². The normalized spacial score (nSPS) is 11.3. The smallest absolute Gasteiger partial charge is 0.0789 e. The number of hydrogen-bond donors (Lipinski definition) is 0. The van der Waals surface area contributed by atoms with E-state index in [4.69, 9.17) is 0 Å². The first-order chi connectivity index (χ1) is 71.5. The molecule has 0 radical (unpaired) electrons. The van der Waals surface area contributed by atoms with Gasteiger partial charge >= 0.3 is 0 Å². The Labute approximate surface area is 835 Å². The number of fused-ring (bicyclic) bond motifs is 16. The number of aromatic nitrogens is 4. The summed E-state index contributed by atoms with van der Waals surface area (Å²) in [5.74, 6) is 0. The molecule has 0 amide bonds. The molecule has 8 nitrogen and oxygen atoms in total. The third kappa shape index (κ3) is 16.1. The van der Waals surface area contributed by atoms with Gasteiger partial charge in [-0.25, -0.2) is 0 Å². The van der Waals surface area contributed by atoms with Gasteiger partial charge in [0, 0.05) is 133 Å². The molecule has 0 fully saturated rings. The SMILES string of the molecule is c1ccc(N(c2ccccc2)c2c3ccccc3cc3c4ccccc4n(-c4ccccc4)c23)cc1.c1ccc(N(c2ccccc2)c2ccc3cc4c(cc3c2)c2ccccc2n4-c2ccccc2)cc1.c1ccc(N(c2ccccc2)c2ccc3cc4c5ccccc5n(-c5ccccc5)c4cc3c2)cc1.c1ccc(N(c2ccccc2)c2cccc3cc4c5ccccc5n(-c5ccccc5)c4cc23)cc1. The highest BCUT2D eigenvalue weighted by Crippen LogP contribution is 2.50. The number of rotatable bonds is 16. The summed E-state index contributed by atoms with van der Waals surface area (Å²) < 4.78 is 9.56. The number of benzene rings is 24. The summed E-state index contributed by atoms with van der Waals surface area (Å²) >= 11 is 0. The van der Waals surface area contributed by atoms with Crippen LogP contribution in [0.4, 0.5) is 68.2 Å². The van der Waals surface area contributed by atoms with Gasteiger partial charge in [0.1, 0.15) is 0 Å². The summed E-state index contributed by atoms with van der Waals surface area (Å²) in [5.41, 5.74) is 28.2. The Kier molecular flexibility index (Phi) is 22.9. The molecule has 0 saturated heterocycles. The summed E-state index contributed by atoms with van der Waals surface area (Å²) in [6, 6.07) is 208. The molecule has 0 N–H and O–H groups in total. The van der Waals surface area contributed by atoms with Crippen LogP contribution in [-0.2, 0) is 0 Å². The lowest BCUT2D eigenvalue weighted by Gasteiger charge is -2.28. The van der Waals surface area contributed by atoms with Gasteiger partial charge in [-0.2, -0.15) is 0 Å². The van der Waals surface area contributed by atoms with Crippen LogP contribution in [0.2, 0.25) is 0 Å². The second-order valence-corrected chi connectivity index (χ2v) is 36.3. The van der Waals surface area contributed by atoms with Gasteiger partial charge in [0.25, 0.3) is 0 Å². The van der Waals surface area contributed by atoms with Gasteiger partial charge in [-0.15, -0.1) is 0 Å². The first-order valence-electron chi connectivity index (χ1n) is 49.2. The van der Waals surface area contributed by atoms with Crippen molar-refractivity contribution in [2.75, 3.05) is 19.6 Å². The molecule has 0 aliphatic rings. The van der Waals surface area contributed by atoms with E-state index in [1.807, 2.05) is 0 Å². The van der Waals surface area contributed by atoms with E-state index in [0.717, 1.165) is 68.2 Å². The Morgan fingerprint density at radius 3 is 0.750 bits per heavy atom. The van der Waals surface area contributed by atoms with Crippen molar-refractivity contribution in [2.24, 2.45) is 0 Å². The molecular formula is C136H96N8. The van der Waals surface area contributed by atoms with Crippen molar-refractivity contribution in [3.05, 3.63) is 582 Å². The fourth-order valence-corrected chi connectivity index (χ4v) is 21.3. The summed E-state index contributed by atoms with van der Waals surface area (Å²) in [5, 5.41) is 19.9. The Morgan fingerprint density at radius 2 is 0.368 bits per heavy atom. The summed E-state index contributed by atoms with van der Waals surface area (Å²) in [4.78, 5) is 9.39. The predicted octanol–water partition coefficient (Wildman–Crippen LogP) is 37.6. The highest BCUT2D eigenvalue weighted by Gasteiger charge is 2.27. The molecule has 144 heavy (non-hydrogen) atoms. The van der Waals surface area contributed by atoms with E-state index < -0.39 is 0 Å². The molecule has 4 heterocycles. The third-order valence-corrected chi connectivity index (χ3v) is 27.7. The Bertz CT molecular complexity index is 9280. The number of para-hydroxylation sites is 16. The van der Waals surface area contributed by atoms with Crippen molar-refractivity contribution in [1.82, 2.24) is 18.3 Å². The fourth-order valence-electron chi connectivity index (χ4n) is 21.3. The standard InChI is InChI=1S/4C34H24N2/c1-4-15-26(16-5-1)35(27-17-6-2-7-18-27)33-29-21-11-10-14-25(29)24-31-30-22-12-13-23-32(30)36(34(31)33)28-19-8-3-9-20-28;1-4-14-26(15-5-1)35(27-16-6-2-7-17-27)33-22-12-13-25-23-31-29-20-10-11-21-32(29)36(34(31)24-30(25)33)28-18-8-3-9-19-28;1-4-12-27(13-5-1)35(28-14-6-2-7-15-28)30-21-20-25-24-34-32(23-26(25)22-30)31-18-10-11-19-33(31)36(34)29-16-8-3-9-17-29;1-4-12-27(13-5-1)35(28-14-6-2-7-15-28)30-21-20-25-23-32-31-18-10-11-19-33(31)36(29-16-8-3-9-17-29)34(32)24-26(25)22-30/h4*1-24H. The molecule has 0 aliphatic carbocycles. The van der Waals surface area contributed by atoms with Crippen LogP contribution in [0.5, 0.6) is 0 Å². The molecule has 8 heteroatoms. The van der Waals surface area contributed by atoms with Crippen LogP contribution in [0.15, 0.2) is 582 Å². The van der Waals surface area contributed by atoms with Crippen molar-refractivity contribution in [2.45, 2.75) is 0 Å². The third-order valence-electron chi connectivity index (χ3n) is 27.7. The minimum atomic E-state index is 1.13. The van der Waals surface area contributed by atoms with E-state index in [9.17, 15) is 0 Å². The Balaban J connectivity index is 0.000000101. The first-order valence-corrected chi connectivity index (χ1v) is 49.2. The van der Waals surface area contributed by atoms with E-state index in [2.05, 4.69) is 620 Å². The molecule has 4 aromatic heterocycles. The van der Waals surface area contributed by atoms with Gasteiger partial charge in [-0.05, 0) is 275 Å². The Hall–Kier alpha value is -19.3. The zero-order valence-electron chi connectivity index (χ0n) is 79.0. The largest absolute Gasteiger partial charge is 0.310 e. The van der Waals surface area contributed by atoms with Crippen LogP contribution >= 0.6 is 0 Å². The molecule has 0 aliphatic heterocycles. The zero-order valence-corrected chi connectivity index (χ0v) is 79.0. The molecule has 0 atom stereocenters. The zero-order chi connectivity index (χ0) is 95.6. The lowest BCUT2D eigenvalue weighted by Crippen LogP contribution is -2.12. The van der Waals surface area contributed by atoms with Crippen LogP contribution in [-0.4, -0.2) is 18.3 Å². The molecule has 0 bridgehead atoms. The topological polar surface area (TPSA) is 32.7 Å². The average Bonchev–Trinajstić information content (AvgIpc) is 1.57. The van der Waals surface area contributed by atoms with Gasteiger partial charge in [-0.3, -0.25) is 0 Å². The maximum absolute atomic E-state index is 2.42. The summed E-state index contributed by atoms with van der Waals surface area (Å²) in [7, 11) is 0. The second kappa shape index (κ2) is 38.2. The van der Waals surface area contributed by atoms with E-state index in [0.29, 0.717) is 0 Å². The minimum Gasteiger partial charge on any atom is -0.310 e. The highest BCUT2D eigenvalue weighted by atomic mass is 15.2. The summed E-state index contributed by atoms with van der Waals surface area (Å²) in [6.45, 7) is 0. The number of anilines is 12. The molecular weight excluding hydrogens is 1750 g/mol. The van der Waals surface area contributed by atoms with E-state index in [-0.39, 0.29) is 0 Å². The monoisotopic (exact) mass is 1840 g/mol. The first kappa shape index (κ1) is 86.3. The lowest BCUT2D eigenvalue weighted by atomic mass is 10.0. The Morgan fingerprint density at radius 1 is 0.118 bits per heavy atom. The molecule has 24 aromatic carbocycles. The average molecular weight is 1840 g/mol. The predicted molar refractivity (Wildman–Crippen MR) is 612 cm³/mol. The van der Waals surface area contributed by atoms with Crippen molar-refractivity contribution in [1.29, 1.82) is 0 Å². The van der Waals surface area contributed by atoms with Crippen LogP contribution in [0, 0.1) is 0 Å². The van der Waals surface area contributed by atoms with Crippen LogP contribution < -0.4 is 19.6 Å². The van der Waals surface area contributed by atoms with Crippen molar-refractivity contribution >= 4 is 199 Å². The van der Waals surface area contributed by atoms with E-state index in [1.165, 1.54) is 153 Å². The van der Waals surface area contributed by atoms with Gasteiger partial charge in [0.05, 0.1) is 55.5 Å². The van der Waals surface area contributed by atoms with Gasteiger partial charge in [-0.1, -0.05) is 340 Å². The van der Waals surface area contributed by atoms with Gasteiger partial charge in [0.2, 0.25) is 0 Å². The lowest BCUT2D eigenvalue weighted by molar-refractivity contribution is 1.17. The maximum Gasteiger partial charge on any atom is 0.0789 e. The van der Waals surface area contributed by atoms with Crippen molar-refractivity contribution < 1.29 is 0 Å². The second-order valence-electron chi connectivity index (χ2n) is 36.3. The maximum atomic E-state index is 2.42. The fraction of sp³-hybridized carbons (Fsp3) is 0. The summed E-state index contributed by atoms with van der Waals surface area (Å²) in [6.07, 6.45) is 0. The molecule has 0 unspecified atom stereocenters. The molecule has 0 saturated carbocycles. The number of nitrogens with zero attached hydrogens (tertiary/aromatic N) is 8.